The van der Waals surface area contributed by atoms with Gasteiger partial charge in [-0.15, -0.1) is 11.3 Å². The molecule has 0 saturated carbocycles. The number of thiazole rings is 1. The van der Waals surface area contributed by atoms with Gasteiger partial charge in [-0.25, -0.2) is 15.0 Å². The lowest BCUT2D eigenvalue weighted by Crippen LogP contribution is -2.34. The molecule has 5 nitrogen and oxygen atoms in total. The fraction of sp³-hybridized carbons (Fsp3) is 0.316. The molecule has 3 heterocycles. The van der Waals surface area contributed by atoms with E-state index in [1.165, 1.54) is 5.01 Å². The number of methoxy groups -OCH3 is 1. The number of piperidine rings is 1. The van der Waals surface area contributed by atoms with Gasteiger partial charge in [0.2, 0.25) is 5.95 Å². The molecule has 4 rings (SSSR count). The van der Waals surface area contributed by atoms with E-state index in [2.05, 4.69) is 26.3 Å². The average molecular weight is 352 g/mol. The number of nitrogens with zero attached hydrogens (tertiary/aromatic N) is 4. The quantitative estimate of drug-likeness (QED) is 0.710. The van der Waals surface area contributed by atoms with Crippen LogP contribution in [-0.2, 0) is 0 Å². The summed E-state index contributed by atoms with van der Waals surface area (Å²) in [4.78, 5) is 15.9. The van der Waals surface area contributed by atoms with Crippen LogP contribution in [0.3, 0.4) is 0 Å². The van der Waals surface area contributed by atoms with Crippen molar-refractivity contribution in [3.63, 3.8) is 0 Å². The summed E-state index contributed by atoms with van der Waals surface area (Å²) >= 11 is 1.75. The van der Waals surface area contributed by atoms with Crippen LogP contribution in [0.4, 0.5) is 5.95 Å². The molecule has 6 heteroatoms. The SMILES string of the molecule is COc1ccccc1-c1csc(C2CCN(c3ncccn3)CC2)n1. The number of aromatic nitrogens is 3. The molecule has 0 unspecified atom stereocenters. The Kier molecular flexibility index (Phi) is 4.61. The van der Waals surface area contributed by atoms with E-state index in [0.29, 0.717) is 5.92 Å². The zero-order valence-electron chi connectivity index (χ0n) is 14.1. The average Bonchev–Trinajstić information content (AvgIpc) is 3.19. The Morgan fingerprint density at radius 3 is 2.60 bits per heavy atom. The second kappa shape index (κ2) is 7.19. The number of rotatable bonds is 4. The van der Waals surface area contributed by atoms with Crippen molar-refractivity contribution in [3.05, 3.63) is 53.1 Å². The standard InChI is InChI=1S/C19H20N4OS/c1-24-17-6-3-2-5-15(17)16-13-25-18(22-16)14-7-11-23(12-8-14)19-20-9-4-10-21-19/h2-6,9-10,13-14H,7-8,11-12H2,1H3. The summed E-state index contributed by atoms with van der Waals surface area (Å²) in [5.74, 6) is 2.21. The summed E-state index contributed by atoms with van der Waals surface area (Å²) in [5.41, 5.74) is 2.06. The zero-order valence-corrected chi connectivity index (χ0v) is 14.9. The minimum Gasteiger partial charge on any atom is -0.496 e. The molecule has 1 saturated heterocycles. The molecule has 2 aromatic heterocycles. The maximum Gasteiger partial charge on any atom is 0.225 e. The van der Waals surface area contributed by atoms with Gasteiger partial charge in [0.1, 0.15) is 5.75 Å². The highest BCUT2D eigenvalue weighted by Crippen LogP contribution is 2.36. The molecule has 0 atom stereocenters. The third-order valence-corrected chi connectivity index (χ3v) is 5.59. The molecule has 0 N–H and O–H groups in total. The molecule has 0 amide bonds. The Hall–Kier alpha value is -2.47. The molecular weight excluding hydrogens is 332 g/mol. The van der Waals surface area contributed by atoms with Gasteiger partial charge < -0.3 is 9.64 Å². The molecule has 1 aromatic carbocycles. The first-order valence-corrected chi connectivity index (χ1v) is 9.34. The Labute approximate surface area is 151 Å². The van der Waals surface area contributed by atoms with Crippen molar-refractivity contribution in [2.24, 2.45) is 0 Å². The van der Waals surface area contributed by atoms with Crippen molar-refractivity contribution in [3.8, 4) is 17.0 Å². The lowest BCUT2D eigenvalue weighted by molar-refractivity contribution is 0.416. The summed E-state index contributed by atoms with van der Waals surface area (Å²) < 4.78 is 5.46. The minimum absolute atomic E-state index is 0.508. The van der Waals surface area contributed by atoms with Crippen LogP contribution in [0.2, 0.25) is 0 Å². The number of hydrogen-bond donors (Lipinski definition) is 0. The van der Waals surface area contributed by atoms with Crippen LogP contribution < -0.4 is 9.64 Å². The molecule has 0 bridgehead atoms. The predicted octanol–water partition coefficient (Wildman–Crippen LogP) is 3.99. The summed E-state index contributed by atoms with van der Waals surface area (Å²) in [6.45, 7) is 1.94. The Balaban J connectivity index is 1.47. The molecule has 0 aliphatic carbocycles. The maximum absolute atomic E-state index is 5.46. The third-order valence-electron chi connectivity index (χ3n) is 4.58. The maximum atomic E-state index is 5.46. The molecular formula is C19H20N4OS. The van der Waals surface area contributed by atoms with Crippen LogP contribution in [0.25, 0.3) is 11.3 Å². The van der Waals surface area contributed by atoms with Crippen LogP contribution in [0.15, 0.2) is 48.1 Å². The van der Waals surface area contributed by atoms with Crippen molar-refractivity contribution in [2.75, 3.05) is 25.1 Å². The van der Waals surface area contributed by atoms with Crippen LogP contribution in [0.5, 0.6) is 5.75 Å². The molecule has 1 fully saturated rings. The van der Waals surface area contributed by atoms with E-state index in [0.717, 1.165) is 48.9 Å². The van der Waals surface area contributed by atoms with Gasteiger partial charge in [-0.3, -0.25) is 0 Å². The molecule has 25 heavy (non-hydrogen) atoms. The Bertz CT molecular complexity index is 828. The zero-order chi connectivity index (χ0) is 17.1. The van der Waals surface area contributed by atoms with Crippen molar-refractivity contribution in [1.82, 2.24) is 15.0 Å². The summed E-state index contributed by atoms with van der Waals surface area (Å²) in [5, 5.41) is 3.36. The summed E-state index contributed by atoms with van der Waals surface area (Å²) in [6.07, 6.45) is 5.76. The number of ether oxygens (including phenoxy) is 1. The van der Waals surface area contributed by atoms with E-state index >= 15 is 0 Å². The van der Waals surface area contributed by atoms with Crippen LogP contribution in [0, 0.1) is 0 Å². The largest absolute Gasteiger partial charge is 0.496 e. The summed E-state index contributed by atoms with van der Waals surface area (Å²) in [7, 11) is 1.70. The molecule has 3 aromatic rings. The minimum atomic E-state index is 0.508. The van der Waals surface area contributed by atoms with Gasteiger partial charge in [-0.1, -0.05) is 12.1 Å². The monoisotopic (exact) mass is 352 g/mol. The van der Waals surface area contributed by atoms with E-state index in [1.54, 1.807) is 30.8 Å². The lowest BCUT2D eigenvalue weighted by atomic mass is 9.98. The van der Waals surface area contributed by atoms with Gasteiger partial charge in [0.15, 0.2) is 0 Å². The van der Waals surface area contributed by atoms with Crippen LogP contribution >= 0.6 is 11.3 Å². The van der Waals surface area contributed by atoms with E-state index in [4.69, 9.17) is 9.72 Å². The van der Waals surface area contributed by atoms with Gasteiger partial charge in [0, 0.05) is 42.3 Å². The Morgan fingerprint density at radius 2 is 1.84 bits per heavy atom. The second-order valence-electron chi connectivity index (χ2n) is 6.08. The highest BCUT2D eigenvalue weighted by Gasteiger charge is 2.24. The molecule has 128 valence electrons. The highest BCUT2D eigenvalue weighted by atomic mass is 32.1. The van der Waals surface area contributed by atoms with Crippen LogP contribution in [0.1, 0.15) is 23.8 Å². The van der Waals surface area contributed by atoms with Gasteiger partial charge in [-0.05, 0) is 31.0 Å². The van der Waals surface area contributed by atoms with Crippen molar-refractivity contribution in [2.45, 2.75) is 18.8 Å². The smallest absolute Gasteiger partial charge is 0.225 e. The van der Waals surface area contributed by atoms with E-state index in [-0.39, 0.29) is 0 Å². The predicted molar refractivity (Wildman–Crippen MR) is 100 cm³/mol. The first kappa shape index (κ1) is 16.0. The fourth-order valence-corrected chi connectivity index (χ4v) is 4.23. The highest BCUT2D eigenvalue weighted by molar-refractivity contribution is 7.10. The molecule has 0 spiro atoms. The third kappa shape index (κ3) is 3.35. The number of benzene rings is 1. The number of hydrogen-bond acceptors (Lipinski definition) is 6. The fourth-order valence-electron chi connectivity index (χ4n) is 3.24. The number of anilines is 1. The van der Waals surface area contributed by atoms with E-state index in [9.17, 15) is 0 Å². The van der Waals surface area contributed by atoms with Crippen LogP contribution in [-0.4, -0.2) is 35.2 Å². The lowest BCUT2D eigenvalue weighted by Gasteiger charge is -2.30. The van der Waals surface area contributed by atoms with Crippen molar-refractivity contribution >= 4 is 17.3 Å². The topological polar surface area (TPSA) is 51.1 Å². The van der Waals surface area contributed by atoms with E-state index < -0.39 is 0 Å². The van der Waals surface area contributed by atoms with Gasteiger partial charge in [0.05, 0.1) is 17.8 Å². The van der Waals surface area contributed by atoms with Gasteiger partial charge >= 0.3 is 0 Å². The van der Waals surface area contributed by atoms with E-state index in [1.807, 2.05) is 24.3 Å². The first-order valence-electron chi connectivity index (χ1n) is 8.46. The normalized spacial score (nSPS) is 15.3. The summed E-state index contributed by atoms with van der Waals surface area (Å²) in [6, 6.07) is 9.90. The molecule has 1 aliphatic rings. The Morgan fingerprint density at radius 1 is 1.08 bits per heavy atom. The van der Waals surface area contributed by atoms with Gasteiger partial charge in [0.25, 0.3) is 0 Å². The van der Waals surface area contributed by atoms with Gasteiger partial charge in [-0.2, -0.15) is 0 Å². The second-order valence-corrected chi connectivity index (χ2v) is 6.97. The van der Waals surface area contributed by atoms with Crippen molar-refractivity contribution < 1.29 is 4.74 Å². The molecule has 0 radical (unpaired) electrons. The van der Waals surface area contributed by atoms with Crippen molar-refractivity contribution in [1.29, 1.82) is 0 Å². The first-order chi connectivity index (χ1) is 12.3. The number of para-hydroxylation sites is 1. The molecule has 1 aliphatic heterocycles.